The zero-order valence-electron chi connectivity index (χ0n) is 16.8. The van der Waals surface area contributed by atoms with E-state index in [2.05, 4.69) is 5.32 Å². The highest BCUT2D eigenvalue weighted by Gasteiger charge is 2.59. The van der Waals surface area contributed by atoms with Crippen molar-refractivity contribution in [2.45, 2.75) is 57.1 Å². The van der Waals surface area contributed by atoms with E-state index in [1.54, 1.807) is 20.8 Å². The minimum absolute atomic E-state index is 0.0143. The van der Waals surface area contributed by atoms with E-state index >= 15 is 0 Å². The van der Waals surface area contributed by atoms with Crippen LogP contribution in [0.4, 0.5) is 10.5 Å². The third-order valence-corrected chi connectivity index (χ3v) is 5.83. The molecule has 0 radical (unpaired) electrons. The molecule has 0 unspecified atom stereocenters. The Kier molecular flexibility index (Phi) is 5.12. The molecule has 0 bridgehead atoms. The number of benzene rings is 1. The van der Waals surface area contributed by atoms with Gasteiger partial charge in [0.1, 0.15) is 11.4 Å². The number of Topliss-reactive ketones (excluding diaryl/α,β-unsaturated/α-hetero) is 1. The molecule has 2 N–H and O–H groups in total. The minimum Gasteiger partial charge on any atom is -0.481 e. The molecule has 3 rings (SSSR count). The number of aliphatic carboxylic acids is 1. The molecule has 152 valence electrons. The van der Waals surface area contributed by atoms with Gasteiger partial charge in [0.2, 0.25) is 0 Å². The van der Waals surface area contributed by atoms with Gasteiger partial charge in [0.05, 0.1) is 5.92 Å². The second-order valence-electron chi connectivity index (χ2n) is 8.70. The van der Waals surface area contributed by atoms with Gasteiger partial charge in [-0.3, -0.25) is 9.59 Å². The average molecular weight is 388 g/mol. The van der Waals surface area contributed by atoms with Crippen LogP contribution in [0.5, 0.6) is 0 Å². The van der Waals surface area contributed by atoms with Gasteiger partial charge in [-0.2, -0.15) is 0 Å². The first-order chi connectivity index (χ1) is 13.1. The fourth-order valence-electron chi connectivity index (χ4n) is 4.78. The number of rotatable bonds is 4. The summed E-state index contributed by atoms with van der Waals surface area (Å²) in [6.45, 7) is 5.63. The summed E-state index contributed by atoms with van der Waals surface area (Å²) in [5.74, 6) is -1.83. The Bertz CT molecular complexity index is 800. The fraction of sp³-hybridized carbons (Fsp3) is 0.571. The van der Waals surface area contributed by atoms with Crippen molar-refractivity contribution in [3.63, 3.8) is 0 Å². The van der Waals surface area contributed by atoms with Crippen LogP contribution in [-0.4, -0.2) is 48.2 Å². The molecule has 0 aromatic heterocycles. The molecule has 1 aromatic carbocycles. The molecule has 7 heteroatoms. The van der Waals surface area contributed by atoms with Gasteiger partial charge in [0.15, 0.2) is 0 Å². The number of alkyl carbamates (subject to hydrolysis) is 1. The van der Waals surface area contributed by atoms with Crippen LogP contribution in [-0.2, 0) is 19.7 Å². The number of anilines is 1. The van der Waals surface area contributed by atoms with E-state index in [1.807, 2.05) is 36.2 Å². The van der Waals surface area contributed by atoms with Gasteiger partial charge >= 0.3 is 12.1 Å². The molecule has 1 fully saturated rings. The number of amides is 1. The number of carbonyl (C=O) groups excluding carboxylic acids is 2. The predicted octanol–water partition coefficient (Wildman–Crippen LogP) is 2.72. The maximum absolute atomic E-state index is 12.3. The van der Waals surface area contributed by atoms with Gasteiger partial charge in [0.25, 0.3) is 0 Å². The largest absolute Gasteiger partial charge is 0.481 e. The van der Waals surface area contributed by atoms with Crippen molar-refractivity contribution in [3.05, 3.63) is 29.8 Å². The topological polar surface area (TPSA) is 95.9 Å². The van der Waals surface area contributed by atoms with E-state index < -0.39 is 29.0 Å². The van der Waals surface area contributed by atoms with Crippen LogP contribution < -0.4 is 10.2 Å². The van der Waals surface area contributed by atoms with Gasteiger partial charge in [0, 0.05) is 43.6 Å². The highest BCUT2D eigenvalue weighted by atomic mass is 16.6. The van der Waals surface area contributed by atoms with Crippen LogP contribution in [0.1, 0.15) is 45.6 Å². The predicted molar refractivity (Wildman–Crippen MR) is 105 cm³/mol. The van der Waals surface area contributed by atoms with Crippen LogP contribution in [0.2, 0.25) is 0 Å². The number of ketones is 1. The Balaban J connectivity index is 1.93. The Labute approximate surface area is 165 Å². The van der Waals surface area contributed by atoms with Crippen molar-refractivity contribution in [3.8, 4) is 0 Å². The van der Waals surface area contributed by atoms with Crippen LogP contribution >= 0.6 is 0 Å². The van der Waals surface area contributed by atoms with E-state index in [1.165, 1.54) is 0 Å². The number of fused-ring (bicyclic) bond motifs is 3. The number of ether oxygens (including phenoxy) is 1. The first kappa shape index (κ1) is 20.2. The third kappa shape index (κ3) is 3.45. The highest BCUT2D eigenvalue weighted by molar-refractivity contribution is 5.90. The van der Waals surface area contributed by atoms with E-state index in [0.29, 0.717) is 12.8 Å². The van der Waals surface area contributed by atoms with Crippen molar-refractivity contribution in [1.29, 1.82) is 0 Å². The molecule has 3 atom stereocenters. The lowest BCUT2D eigenvalue weighted by atomic mass is 9.59. The monoisotopic (exact) mass is 388 g/mol. The molecule has 7 nitrogen and oxygen atoms in total. The van der Waals surface area contributed by atoms with E-state index in [-0.39, 0.29) is 24.8 Å². The third-order valence-electron chi connectivity index (χ3n) is 5.83. The summed E-state index contributed by atoms with van der Waals surface area (Å²) in [4.78, 5) is 38.6. The lowest BCUT2D eigenvalue weighted by Crippen LogP contribution is -2.56. The second kappa shape index (κ2) is 7.11. The number of nitrogens with one attached hydrogen (secondary N) is 1. The number of carboxylic acids is 1. The molecule has 0 spiro atoms. The van der Waals surface area contributed by atoms with Crippen LogP contribution in [0.25, 0.3) is 0 Å². The average Bonchev–Trinajstić information content (AvgIpc) is 2.83. The molecule has 1 amide bonds. The number of likely N-dealkylation sites (N-methyl/N-ethyl adjacent to an activating group) is 1. The first-order valence-corrected chi connectivity index (χ1v) is 9.60. The van der Waals surface area contributed by atoms with Gasteiger partial charge in [-0.15, -0.1) is 0 Å². The summed E-state index contributed by atoms with van der Waals surface area (Å²) >= 11 is 0. The van der Waals surface area contributed by atoms with Crippen molar-refractivity contribution in [1.82, 2.24) is 5.32 Å². The van der Waals surface area contributed by atoms with E-state index in [4.69, 9.17) is 4.74 Å². The van der Waals surface area contributed by atoms with E-state index in [0.717, 1.165) is 11.3 Å². The number of hydrogen-bond acceptors (Lipinski definition) is 5. The lowest BCUT2D eigenvalue weighted by molar-refractivity contribution is -0.149. The molecule has 0 saturated heterocycles. The molecule has 2 aliphatic rings. The Morgan fingerprint density at radius 3 is 2.61 bits per heavy atom. The van der Waals surface area contributed by atoms with Crippen LogP contribution in [0, 0.1) is 5.92 Å². The standard InChI is InChI=1S/C21H28N2O5/c1-20(2,3)28-19(27)22-10-9-21-14-7-5-6-8-16(14)23(4)17(21)12-13(24)11-15(21)18(25)26/h5-8,15,17H,9-12H2,1-4H3,(H,22,27)(H,25,26)/t15-,17-,21+/m0/s1. The number of hydrogen-bond donors (Lipinski definition) is 2. The summed E-state index contributed by atoms with van der Waals surface area (Å²) in [5.41, 5.74) is 0.547. The maximum Gasteiger partial charge on any atom is 0.407 e. The zero-order chi connectivity index (χ0) is 20.7. The molecular weight excluding hydrogens is 360 g/mol. The van der Waals surface area contributed by atoms with E-state index in [9.17, 15) is 19.5 Å². The van der Waals surface area contributed by atoms with Gasteiger partial charge < -0.3 is 20.1 Å². The zero-order valence-corrected chi connectivity index (χ0v) is 16.8. The Morgan fingerprint density at radius 2 is 1.96 bits per heavy atom. The van der Waals surface area contributed by atoms with Crippen LogP contribution in [0.3, 0.4) is 0 Å². The SMILES string of the molecule is CN1c2ccccc2[C@@]2(CCNC(=O)OC(C)(C)C)[C@@H]1CC(=O)C[C@H]2C(=O)O. The number of carbonyl (C=O) groups is 3. The Morgan fingerprint density at radius 1 is 1.29 bits per heavy atom. The summed E-state index contributed by atoms with van der Waals surface area (Å²) < 4.78 is 5.29. The second-order valence-corrected chi connectivity index (χ2v) is 8.70. The molecule has 1 saturated carbocycles. The first-order valence-electron chi connectivity index (χ1n) is 9.60. The lowest BCUT2D eigenvalue weighted by Gasteiger charge is -2.45. The van der Waals surface area contributed by atoms with Gasteiger partial charge in [-0.25, -0.2) is 4.79 Å². The van der Waals surface area contributed by atoms with Crippen molar-refractivity contribution >= 4 is 23.5 Å². The van der Waals surface area contributed by atoms with Gasteiger partial charge in [-0.1, -0.05) is 18.2 Å². The van der Waals surface area contributed by atoms with Crippen molar-refractivity contribution in [2.75, 3.05) is 18.5 Å². The smallest absolute Gasteiger partial charge is 0.407 e. The maximum atomic E-state index is 12.3. The van der Waals surface area contributed by atoms with Gasteiger partial charge in [-0.05, 0) is 38.8 Å². The Hall–Kier alpha value is -2.57. The summed E-state index contributed by atoms with van der Waals surface area (Å²) in [6.07, 6.45) is 0.212. The van der Waals surface area contributed by atoms with Crippen molar-refractivity contribution < 1.29 is 24.2 Å². The minimum atomic E-state index is -0.972. The highest BCUT2D eigenvalue weighted by Crippen LogP contribution is 2.55. The summed E-state index contributed by atoms with van der Waals surface area (Å²) in [7, 11) is 1.91. The molecular formula is C21H28N2O5. The number of carboxylic acid groups (broad SMARTS) is 1. The quantitative estimate of drug-likeness (QED) is 0.823. The van der Waals surface area contributed by atoms with Crippen LogP contribution in [0.15, 0.2) is 24.3 Å². The summed E-state index contributed by atoms with van der Waals surface area (Å²) in [6, 6.07) is 7.47. The molecule has 1 aliphatic carbocycles. The fourth-order valence-corrected chi connectivity index (χ4v) is 4.78. The van der Waals surface area contributed by atoms with Crippen molar-refractivity contribution in [2.24, 2.45) is 5.92 Å². The summed E-state index contributed by atoms with van der Waals surface area (Å²) in [5, 5.41) is 12.7. The molecule has 1 heterocycles. The molecule has 1 aliphatic heterocycles. The molecule has 28 heavy (non-hydrogen) atoms. The number of nitrogens with zero attached hydrogens (tertiary/aromatic N) is 1. The number of para-hydroxylation sites is 1. The normalized spacial score (nSPS) is 26.4. The molecule has 1 aromatic rings.